The summed E-state index contributed by atoms with van der Waals surface area (Å²) in [5.41, 5.74) is 7.53. The summed E-state index contributed by atoms with van der Waals surface area (Å²) in [6.07, 6.45) is 1.69. The van der Waals surface area contributed by atoms with E-state index in [1.54, 1.807) is 7.11 Å². The molecule has 2 rings (SSSR count). The molecule has 2 amide bonds. The number of likely N-dealkylation sites (tertiary alicyclic amines) is 1. The zero-order valence-electron chi connectivity index (χ0n) is 14.5. The van der Waals surface area contributed by atoms with Gasteiger partial charge in [0, 0.05) is 26.2 Å². The van der Waals surface area contributed by atoms with E-state index in [4.69, 9.17) is 10.5 Å². The predicted octanol–water partition coefficient (Wildman–Crippen LogP) is 1.04. The molecule has 1 fully saturated rings. The number of methoxy groups -OCH3 is 1. The van der Waals surface area contributed by atoms with Crippen molar-refractivity contribution in [2.45, 2.75) is 39.0 Å². The van der Waals surface area contributed by atoms with Gasteiger partial charge in [0.05, 0.1) is 19.1 Å². The van der Waals surface area contributed by atoms with E-state index in [1.807, 2.05) is 29.2 Å². The number of carbonyl (C=O) groups is 2. The molecule has 0 saturated carbocycles. The number of piperidine rings is 1. The van der Waals surface area contributed by atoms with Crippen molar-refractivity contribution >= 4 is 11.8 Å². The summed E-state index contributed by atoms with van der Waals surface area (Å²) >= 11 is 0. The van der Waals surface area contributed by atoms with Crippen molar-refractivity contribution in [3.63, 3.8) is 0 Å². The van der Waals surface area contributed by atoms with E-state index in [1.165, 1.54) is 0 Å². The van der Waals surface area contributed by atoms with Gasteiger partial charge >= 0.3 is 0 Å². The van der Waals surface area contributed by atoms with Crippen LogP contribution in [0.2, 0.25) is 0 Å². The second-order valence-corrected chi connectivity index (χ2v) is 6.43. The maximum atomic E-state index is 12.3. The van der Waals surface area contributed by atoms with Crippen LogP contribution in [0.25, 0.3) is 0 Å². The van der Waals surface area contributed by atoms with E-state index >= 15 is 0 Å². The molecule has 1 heterocycles. The van der Waals surface area contributed by atoms with E-state index in [9.17, 15) is 9.59 Å². The zero-order chi connectivity index (χ0) is 17.5. The Kier molecular flexibility index (Phi) is 6.75. The number of rotatable bonds is 7. The van der Waals surface area contributed by atoms with Crippen LogP contribution in [0.3, 0.4) is 0 Å². The smallest absolute Gasteiger partial charge is 0.234 e. The van der Waals surface area contributed by atoms with Crippen molar-refractivity contribution in [3.8, 4) is 0 Å². The Bertz CT molecular complexity index is 576. The summed E-state index contributed by atoms with van der Waals surface area (Å²) in [6, 6.07) is 8.17. The lowest BCUT2D eigenvalue weighted by Gasteiger charge is -2.36. The lowest BCUT2D eigenvalue weighted by atomic mass is 9.93. The molecule has 1 saturated heterocycles. The molecule has 0 unspecified atom stereocenters. The highest BCUT2D eigenvalue weighted by Gasteiger charge is 2.29. The Labute approximate surface area is 143 Å². The summed E-state index contributed by atoms with van der Waals surface area (Å²) in [7, 11) is 1.66. The van der Waals surface area contributed by atoms with Crippen LogP contribution in [0.4, 0.5) is 0 Å². The minimum atomic E-state index is -0.277. The number of nitrogens with two attached hydrogens (primary N) is 1. The van der Waals surface area contributed by atoms with Gasteiger partial charge in [-0.25, -0.2) is 0 Å². The molecule has 0 bridgehead atoms. The Morgan fingerprint density at radius 3 is 2.67 bits per heavy atom. The molecule has 0 spiro atoms. The van der Waals surface area contributed by atoms with Crippen LogP contribution < -0.4 is 11.1 Å². The van der Waals surface area contributed by atoms with Crippen LogP contribution in [-0.2, 0) is 27.5 Å². The van der Waals surface area contributed by atoms with E-state index in [2.05, 4.69) is 12.2 Å². The average molecular weight is 333 g/mol. The molecular weight excluding hydrogens is 306 g/mol. The molecule has 0 radical (unpaired) electrons. The second kappa shape index (κ2) is 8.80. The van der Waals surface area contributed by atoms with Gasteiger partial charge in [-0.3, -0.25) is 14.5 Å². The largest absolute Gasteiger partial charge is 0.380 e. The van der Waals surface area contributed by atoms with Crippen molar-refractivity contribution in [2.24, 2.45) is 11.7 Å². The molecule has 0 aliphatic carbocycles. The molecule has 6 nitrogen and oxygen atoms in total. The lowest BCUT2D eigenvalue weighted by Crippen LogP contribution is -2.49. The van der Waals surface area contributed by atoms with E-state index in [-0.39, 0.29) is 30.3 Å². The Hall–Kier alpha value is -1.92. The summed E-state index contributed by atoms with van der Waals surface area (Å²) in [5, 5.41) is 2.96. The lowest BCUT2D eigenvalue weighted by molar-refractivity contribution is -0.127. The third kappa shape index (κ3) is 5.04. The number of benzene rings is 1. The number of ether oxygens (including phenoxy) is 1. The molecule has 2 atom stereocenters. The number of hydrogen-bond acceptors (Lipinski definition) is 4. The molecule has 0 aromatic heterocycles. The van der Waals surface area contributed by atoms with Crippen LogP contribution in [0.1, 0.15) is 30.9 Å². The molecule has 24 heavy (non-hydrogen) atoms. The highest BCUT2D eigenvalue weighted by molar-refractivity contribution is 5.79. The number of primary amides is 1. The summed E-state index contributed by atoms with van der Waals surface area (Å²) in [5.74, 6) is -0.476. The van der Waals surface area contributed by atoms with Crippen LogP contribution in [0.15, 0.2) is 24.3 Å². The Morgan fingerprint density at radius 2 is 2.00 bits per heavy atom. The third-order valence-corrected chi connectivity index (χ3v) is 4.65. The van der Waals surface area contributed by atoms with Crippen LogP contribution in [0.5, 0.6) is 0 Å². The SMILES string of the molecule is COCc1ccccc1CNC(=O)CN1C[C@H](C(N)=O)CC[C@@H]1C. The standard InChI is InChI=1S/C18H27N3O3/c1-13-7-8-15(18(19)23)10-21(13)11-17(22)20-9-14-5-3-4-6-16(14)12-24-2/h3-6,13,15H,7-12H2,1-2H3,(H2,19,23)(H,20,22)/t13-,15+/m0/s1. The molecule has 6 heteroatoms. The van der Waals surface area contributed by atoms with Gasteiger partial charge in [0.15, 0.2) is 0 Å². The first-order valence-electron chi connectivity index (χ1n) is 8.37. The number of hydrogen-bond donors (Lipinski definition) is 2. The fourth-order valence-corrected chi connectivity index (χ4v) is 3.09. The first-order valence-corrected chi connectivity index (χ1v) is 8.37. The maximum absolute atomic E-state index is 12.3. The molecular formula is C18H27N3O3. The van der Waals surface area contributed by atoms with Crippen LogP contribution in [-0.4, -0.2) is 43.0 Å². The highest BCUT2D eigenvalue weighted by Crippen LogP contribution is 2.21. The van der Waals surface area contributed by atoms with Crippen molar-refractivity contribution in [1.82, 2.24) is 10.2 Å². The van der Waals surface area contributed by atoms with Crippen molar-refractivity contribution < 1.29 is 14.3 Å². The molecule has 1 aromatic rings. The number of carbonyl (C=O) groups excluding carboxylic acids is 2. The highest BCUT2D eigenvalue weighted by atomic mass is 16.5. The summed E-state index contributed by atoms with van der Waals surface area (Å²) in [4.78, 5) is 25.7. The van der Waals surface area contributed by atoms with Gasteiger partial charge in [-0.2, -0.15) is 0 Å². The first-order chi connectivity index (χ1) is 11.5. The van der Waals surface area contributed by atoms with Crippen LogP contribution >= 0.6 is 0 Å². The normalized spacial score (nSPS) is 21.4. The number of nitrogens with one attached hydrogen (secondary N) is 1. The first kappa shape index (κ1) is 18.4. The topological polar surface area (TPSA) is 84.7 Å². The number of nitrogens with zero attached hydrogens (tertiary/aromatic N) is 1. The van der Waals surface area contributed by atoms with E-state index in [0.717, 1.165) is 24.0 Å². The molecule has 132 valence electrons. The summed E-state index contributed by atoms with van der Waals surface area (Å²) in [6.45, 7) is 3.93. The van der Waals surface area contributed by atoms with Gasteiger partial charge < -0.3 is 15.8 Å². The van der Waals surface area contributed by atoms with Gasteiger partial charge in [0.1, 0.15) is 0 Å². The summed E-state index contributed by atoms with van der Waals surface area (Å²) < 4.78 is 5.18. The third-order valence-electron chi connectivity index (χ3n) is 4.65. The molecule has 1 aromatic carbocycles. The Morgan fingerprint density at radius 1 is 1.29 bits per heavy atom. The van der Waals surface area contributed by atoms with Gasteiger partial charge in [-0.15, -0.1) is 0 Å². The minimum absolute atomic E-state index is 0.0424. The molecule has 3 N–H and O–H groups in total. The number of amides is 2. The van der Waals surface area contributed by atoms with Crippen molar-refractivity contribution in [3.05, 3.63) is 35.4 Å². The van der Waals surface area contributed by atoms with Crippen LogP contribution in [0, 0.1) is 5.92 Å². The monoisotopic (exact) mass is 333 g/mol. The fourth-order valence-electron chi connectivity index (χ4n) is 3.09. The average Bonchev–Trinajstić information content (AvgIpc) is 2.56. The van der Waals surface area contributed by atoms with Gasteiger partial charge in [-0.1, -0.05) is 24.3 Å². The minimum Gasteiger partial charge on any atom is -0.380 e. The predicted molar refractivity (Wildman–Crippen MR) is 92.0 cm³/mol. The van der Waals surface area contributed by atoms with Gasteiger partial charge in [-0.05, 0) is 30.9 Å². The van der Waals surface area contributed by atoms with Gasteiger partial charge in [0.25, 0.3) is 0 Å². The second-order valence-electron chi connectivity index (χ2n) is 6.43. The Balaban J connectivity index is 1.88. The van der Waals surface area contributed by atoms with E-state index in [0.29, 0.717) is 19.7 Å². The zero-order valence-corrected chi connectivity index (χ0v) is 14.5. The van der Waals surface area contributed by atoms with Gasteiger partial charge in [0.2, 0.25) is 11.8 Å². The van der Waals surface area contributed by atoms with E-state index < -0.39 is 0 Å². The molecule has 1 aliphatic heterocycles. The maximum Gasteiger partial charge on any atom is 0.234 e. The van der Waals surface area contributed by atoms with Crippen molar-refractivity contribution in [2.75, 3.05) is 20.2 Å². The van der Waals surface area contributed by atoms with Crippen molar-refractivity contribution in [1.29, 1.82) is 0 Å². The molecule has 1 aliphatic rings. The fraction of sp³-hybridized carbons (Fsp3) is 0.556. The quantitative estimate of drug-likeness (QED) is 0.781.